The lowest BCUT2D eigenvalue weighted by Gasteiger charge is -2.29. The minimum absolute atomic E-state index is 0.251. The first-order chi connectivity index (χ1) is 18.2. The summed E-state index contributed by atoms with van der Waals surface area (Å²) in [6.07, 6.45) is 26.5. The minimum Gasteiger partial charge on any atom is -0.748 e. The number of hydrogen-bond donors (Lipinski definition) is 0. The molecule has 0 spiro atoms. The molecule has 38 heavy (non-hydrogen) atoms. The average Bonchev–Trinajstić information content (AvgIpc) is 2.88. The highest BCUT2D eigenvalue weighted by Crippen LogP contribution is 2.18. The number of hydrogen-bond acceptors (Lipinski definition) is 5. The predicted octanol–water partition coefficient (Wildman–Crippen LogP) is 8.43. The first kappa shape index (κ1) is 37.2. The summed E-state index contributed by atoms with van der Waals surface area (Å²) in [6.45, 7) is 4.20. The summed E-state index contributed by atoms with van der Waals surface area (Å²) in [7, 11) is -2.98. The largest absolute Gasteiger partial charge is 0.748 e. The molecule has 0 radical (unpaired) electrons. The fraction of sp³-hybridized carbons (Fsp3) is 0.935. The molecule has 2 amide bonds. The number of rotatable bonds is 27. The summed E-state index contributed by atoms with van der Waals surface area (Å²) < 4.78 is 33.2. The number of nitrogens with zero attached hydrogens (tertiary/aromatic N) is 1. The van der Waals surface area contributed by atoms with Crippen molar-refractivity contribution < 1.29 is 27.0 Å². The van der Waals surface area contributed by atoms with Gasteiger partial charge >= 0.3 is 11.8 Å². The number of amides is 2. The zero-order valence-corrected chi connectivity index (χ0v) is 26.1. The molecule has 0 aromatic heterocycles. The van der Waals surface area contributed by atoms with E-state index in [9.17, 15) is 22.6 Å². The molecule has 0 aliphatic rings. The lowest BCUT2D eigenvalue weighted by molar-refractivity contribution is -0.755. The van der Waals surface area contributed by atoms with Gasteiger partial charge in [-0.15, -0.1) is 0 Å². The van der Waals surface area contributed by atoms with E-state index in [0.29, 0.717) is 12.8 Å². The Hall–Kier alpha value is -0.790. The SMILES string of the molecule is CCCCCCCCCCCCCCCC(=O)[N+](C)(CCS(=O)(=O)[O-])C(=O)CCCCCCCCCCC. The average molecular weight is 560 g/mol. The maximum absolute atomic E-state index is 13.0. The lowest BCUT2D eigenvalue weighted by Crippen LogP contribution is -2.55. The van der Waals surface area contributed by atoms with Gasteiger partial charge in [-0.3, -0.25) is 0 Å². The van der Waals surface area contributed by atoms with Crippen LogP contribution in [0.25, 0.3) is 0 Å². The Balaban J connectivity index is 4.27. The van der Waals surface area contributed by atoms with Crippen molar-refractivity contribution in [2.24, 2.45) is 0 Å². The number of imide groups is 1. The molecule has 0 aliphatic carbocycles. The molecule has 0 aromatic carbocycles. The van der Waals surface area contributed by atoms with Crippen molar-refractivity contribution in [2.45, 2.75) is 168 Å². The van der Waals surface area contributed by atoms with Crippen LogP contribution in [0.1, 0.15) is 168 Å². The Bertz CT molecular complexity index is 694. The maximum atomic E-state index is 13.0. The van der Waals surface area contributed by atoms with E-state index in [1.165, 1.54) is 103 Å². The third-order valence-electron chi connectivity index (χ3n) is 7.88. The normalized spacial score (nSPS) is 13.5. The second-order valence-corrected chi connectivity index (χ2v) is 13.1. The van der Waals surface area contributed by atoms with Crippen LogP contribution in [-0.2, 0) is 19.7 Å². The zero-order valence-electron chi connectivity index (χ0n) is 25.3. The number of carbonyl (C=O) groups excluding carboxylic acids is 2. The van der Waals surface area contributed by atoms with Gasteiger partial charge in [0.05, 0.1) is 25.6 Å². The zero-order chi connectivity index (χ0) is 28.5. The maximum Gasteiger partial charge on any atom is 0.320 e. The van der Waals surface area contributed by atoms with Gasteiger partial charge in [-0.1, -0.05) is 142 Å². The van der Waals surface area contributed by atoms with E-state index >= 15 is 0 Å². The van der Waals surface area contributed by atoms with E-state index < -0.39 is 20.4 Å². The second kappa shape index (κ2) is 24.0. The number of unbranched alkanes of at least 4 members (excludes halogenated alkanes) is 20. The van der Waals surface area contributed by atoms with Gasteiger partial charge in [-0.2, -0.15) is 4.48 Å². The highest BCUT2D eigenvalue weighted by molar-refractivity contribution is 7.85. The van der Waals surface area contributed by atoms with Crippen LogP contribution in [0, 0.1) is 0 Å². The van der Waals surface area contributed by atoms with Crippen LogP contribution in [0.5, 0.6) is 0 Å². The predicted molar refractivity (Wildman–Crippen MR) is 158 cm³/mol. The van der Waals surface area contributed by atoms with Crippen molar-refractivity contribution in [1.29, 1.82) is 0 Å². The molecule has 7 heteroatoms. The van der Waals surface area contributed by atoms with Crippen LogP contribution in [0.3, 0.4) is 0 Å². The summed E-state index contributed by atoms with van der Waals surface area (Å²) in [5, 5.41) is 0. The molecule has 0 aliphatic heterocycles. The van der Waals surface area contributed by atoms with E-state index in [2.05, 4.69) is 13.8 Å². The summed E-state index contributed by atoms with van der Waals surface area (Å²) in [6, 6.07) is 0. The number of quaternary nitrogens is 1. The molecule has 0 bridgehead atoms. The van der Waals surface area contributed by atoms with Crippen LogP contribution in [0.2, 0.25) is 0 Å². The summed E-state index contributed by atoms with van der Waals surface area (Å²) in [5.74, 6) is -1.19. The Morgan fingerprint density at radius 1 is 0.526 bits per heavy atom. The molecule has 0 rings (SSSR count). The molecule has 1 atom stereocenters. The molecular weight excluding hydrogens is 498 g/mol. The molecule has 0 aromatic rings. The quantitative estimate of drug-likeness (QED) is 0.0572. The molecule has 0 fully saturated rings. The molecule has 1 unspecified atom stereocenters. The summed E-state index contributed by atoms with van der Waals surface area (Å²) in [4.78, 5) is 26.1. The van der Waals surface area contributed by atoms with E-state index in [4.69, 9.17) is 0 Å². The molecule has 6 nitrogen and oxygen atoms in total. The van der Waals surface area contributed by atoms with Crippen molar-refractivity contribution in [3.63, 3.8) is 0 Å². The second-order valence-electron chi connectivity index (χ2n) is 11.5. The third kappa shape index (κ3) is 21.1. The van der Waals surface area contributed by atoms with E-state index in [1.807, 2.05) is 0 Å². The topological polar surface area (TPSA) is 91.3 Å². The standard InChI is InChI=1S/C31H61NO5S/c1-4-6-8-10-12-14-15-16-17-19-21-23-25-27-31(34)32(3,28-29-38(35,36)37)30(33)26-24-22-20-18-13-11-9-7-5-2/h4-29H2,1-3H3. The Kier molecular flexibility index (Phi) is 23.5. The van der Waals surface area contributed by atoms with Crippen molar-refractivity contribution in [2.75, 3.05) is 19.3 Å². The number of carbonyl (C=O) groups is 2. The highest BCUT2D eigenvalue weighted by Gasteiger charge is 2.38. The lowest BCUT2D eigenvalue weighted by atomic mass is 10.0. The third-order valence-corrected chi connectivity index (χ3v) is 8.56. The van der Waals surface area contributed by atoms with Gasteiger partial charge in [0.2, 0.25) is 0 Å². The van der Waals surface area contributed by atoms with E-state index in [1.54, 1.807) is 0 Å². The summed E-state index contributed by atoms with van der Waals surface area (Å²) >= 11 is 0. The first-order valence-electron chi connectivity index (χ1n) is 16.0. The van der Waals surface area contributed by atoms with Crippen molar-refractivity contribution >= 4 is 21.9 Å². The first-order valence-corrected chi connectivity index (χ1v) is 17.6. The fourth-order valence-electron chi connectivity index (χ4n) is 5.06. The van der Waals surface area contributed by atoms with Crippen LogP contribution in [-0.4, -0.2) is 48.6 Å². The van der Waals surface area contributed by atoms with Crippen molar-refractivity contribution in [1.82, 2.24) is 0 Å². The van der Waals surface area contributed by atoms with Gasteiger partial charge in [-0.25, -0.2) is 18.0 Å². The molecule has 226 valence electrons. The Labute approximate surface area is 236 Å². The Morgan fingerprint density at radius 2 is 0.789 bits per heavy atom. The van der Waals surface area contributed by atoms with Gasteiger partial charge in [0, 0.05) is 0 Å². The molecular formula is C31H61NO5S. The van der Waals surface area contributed by atoms with Crippen molar-refractivity contribution in [3.05, 3.63) is 0 Å². The van der Waals surface area contributed by atoms with Crippen LogP contribution >= 0.6 is 0 Å². The van der Waals surface area contributed by atoms with Crippen molar-refractivity contribution in [3.8, 4) is 0 Å². The Morgan fingerprint density at radius 3 is 1.05 bits per heavy atom. The highest BCUT2D eigenvalue weighted by atomic mass is 32.2. The van der Waals surface area contributed by atoms with Gasteiger partial charge in [-0.05, 0) is 12.8 Å². The van der Waals surface area contributed by atoms with Crippen LogP contribution in [0.15, 0.2) is 0 Å². The van der Waals surface area contributed by atoms with Gasteiger partial charge in [0.25, 0.3) is 0 Å². The van der Waals surface area contributed by atoms with Gasteiger partial charge in [0.1, 0.15) is 16.7 Å². The fourth-order valence-corrected chi connectivity index (χ4v) is 5.65. The minimum atomic E-state index is -4.49. The van der Waals surface area contributed by atoms with Gasteiger partial charge < -0.3 is 4.55 Å². The van der Waals surface area contributed by atoms with E-state index in [0.717, 1.165) is 32.1 Å². The van der Waals surface area contributed by atoms with E-state index in [-0.39, 0.29) is 31.2 Å². The smallest absolute Gasteiger partial charge is 0.320 e. The van der Waals surface area contributed by atoms with Crippen LogP contribution < -0.4 is 0 Å². The summed E-state index contributed by atoms with van der Waals surface area (Å²) in [5.41, 5.74) is 0. The van der Waals surface area contributed by atoms with Gasteiger partial charge in [0.15, 0.2) is 0 Å². The molecule has 0 N–H and O–H groups in total. The molecule has 0 saturated carbocycles. The molecule has 0 saturated heterocycles. The van der Waals surface area contributed by atoms with Crippen LogP contribution in [0.4, 0.5) is 0 Å². The monoisotopic (exact) mass is 559 g/mol. The molecule has 0 heterocycles.